The first-order valence-electron chi connectivity index (χ1n) is 5.54. The highest BCUT2D eigenvalue weighted by Gasteiger charge is 2.20. The van der Waals surface area contributed by atoms with Crippen molar-refractivity contribution in [3.63, 3.8) is 0 Å². The predicted molar refractivity (Wildman–Crippen MR) is 87.5 cm³/mol. The third kappa shape index (κ3) is 2.54. The molecule has 0 amide bonds. The number of rotatable bonds is 1. The number of thiocarbonyl (C=S) groups is 1. The molecule has 96 valence electrons. The molecule has 0 unspecified atom stereocenters. The fourth-order valence-electron chi connectivity index (χ4n) is 1.92. The smallest absolute Gasteiger partial charge is 0.104 e. The quantitative estimate of drug-likeness (QED) is 0.771. The molecule has 1 aromatic carbocycles. The van der Waals surface area contributed by atoms with Gasteiger partial charge in [0.2, 0.25) is 0 Å². The summed E-state index contributed by atoms with van der Waals surface area (Å²) in [4.78, 5) is 5.25. The van der Waals surface area contributed by atoms with E-state index in [9.17, 15) is 0 Å². The SMILES string of the molecule is S=C1CN=C(c2ccccc2Cl)c2cc(Cl)sc2N1. The average Bonchev–Trinajstić information content (AvgIpc) is 2.65. The predicted octanol–water partition coefficient (Wildman–Crippen LogP) is 4.65. The third-order valence-electron chi connectivity index (χ3n) is 2.72. The van der Waals surface area contributed by atoms with Gasteiger partial charge >= 0.3 is 0 Å². The van der Waals surface area contributed by atoms with Gasteiger partial charge in [0.25, 0.3) is 0 Å². The second kappa shape index (κ2) is 5.21. The standard InChI is InChI=1S/C13H8Cl2N2S2/c14-9-4-2-1-3-7(9)12-8-5-10(15)19-13(8)17-11(18)6-16-12/h1-5H,6H2,(H,17,18). The van der Waals surface area contributed by atoms with Crippen molar-refractivity contribution < 1.29 is 0 Å². The zero-order valence-corrected chi connectivity index (χ0v) is 12.8. The lowest BCUT2D eigenvalue weighted by molar-refractivity contribution is 1.31. The van der Waals surface area contributed by atoms with Crippen LogP contribution in [-0.4, -0.2) is 17.2 Å². The monoisotopic (exact) mass is 326 g/mol. The number of nitrogens with zero attached hydrogens (tertiary/aromatic N) is 1. The van der Waals surface area contributed by atoms with Crippen LogP contribution in [0.3, 0.4) is 0 Å². The molecule has 1 N–H and O–H groups in total. The molecule has 0 atom stereocenters. The summed E-state index contributed by atoms with van der Waals surface area (Å²) in [7, 11) is 0. The Labute approximate surface area is 130 Å². The van der Waals surface area contributed by atoms with Gasteiger partial charge < -0.3 is 5.32 Å². The maximum atomic E-state index is 6.26. The lowest BCUT2D eigenvalue weighted by Gasteiger charge is -2.07. The molecule has 0 bridgehead atoms. The van der Waals surface area contributed by atoms with Crippen molar-refractivity contribution >= 4 is 62.5 Å². The van der Waals surface area contributed by atoms with E-state index in [1.165, 1.54) is 11.3 Å². The molecule has 0 spiro atoms. The van der Waals surface area contributed by atoms with Gasteiger partial charge in [-0.15, -0.1) is 11.3 Å². The fourth-order valence-corrected chi connectivity index (χ4v) is 3.52. The van der Waals surface area contributed by atoms with Crippen molar-refractivity contribution in [3.05, 3.63) is 50.8 Å². The molecule has 19 heavy (non-hydrogen) atoms. The molecule has 6 heteroatoms. The molecular formula is C13H8Cl2N2S2. The number of nitrogens with one attached hydrogen (secondary N) is 1. The molecule has 0 saturated carbocycles. The van der Waals surface area contributed by atoms with Crippen LogP contribution in [0.5, 0.6) is 0 Å². The van der Waals surface area contributed by atoms with Crippen LogP contribution in [0.2, 0.25) is 9.36 Å². The van der Waals surface area contributed by atoms with Crippen LogP contribution >= 0.6 is 46.8 Å². The highest BCUT2D eigenvalue weighted by Crippen LogP contribution is 2.35. The minimum absolute atomic E-state index is 0.453. The van der Waals surface area contributed by atoms with Gasteiger partial charge in [-0.05, 0) is 12.1 Å². The van der Waals surface area contributed by atoms with Crippen LogP contribution in [0.4, 0.5) is 5.00 Å². The van der Waals surface area contributed by atoms with Crippen LogP contribution in [0.25, 0.3) is 0 Å². The molecule has 3 rings (SSSR count). The largest absolute Gasteiger partial charge is 0.340 e. The topological polar surface area (TPSA) is 24.4 Å². The summed E-state index contributed by atoms with van der Waals surface area (Å²) in [6.45, 7) is 0.453. The van der Waals surface area contributed by atoms with E-state index in [4.69, 9.17) is 35.4 Å². The van der Waals surface area contributed by atoms with E-state index in [2.05, 4.69) is 10.3 Å². The Morgan fingerprint density at radius 3 is 2.79 bits per heavy atom. The van der Waals surface area contributed by atoms with Crippen molar-refractivity contribution in [3.8, 4) is 0 Å². The first-order valence-corrected chi connectivity index (χ1v) is 7.52. The summed E-state index contributed by atoms with van der Waals surface area (Å²) < 4.78 is 0.696. The van der Waals surface area contributed by atoms with E-state index >= 15 is 0 Å². The summed E-state index contributed by atoms with van der Waals surface area (Å²) >= 11 is 19.0. The summed E-state index contributed by atoms with van der Waals surface area (Å²) in [5, 5.41) is 4.76. The number of hydrogen-bond donors (Lipinski definition) is 1. The number of halogens is 2. The number of benzene rings is 1. The summed E-state index contributed by atoms with van der Waals surface area (Å²) in [5.74, 6) is 0. The second-order valence-corrected chi connectivity index (χ2v) is 6.57. The molecule has 2 nitrogen and oxygen atoms in total. The summed E-state index contributed by atoms with van der Waals surface area (Å²) in [5.41, 5.74) is 2.67. The Kier molecular flexibility index (Phi) is 3.58. The molecule has 2 aromatic rings. The van der Waals surface area contributed by atoms with E-state index in [1.54, 1.807) is 0 Å². The van der Waals surface area contributed by atoms with Crippen molar-refractivity contribution in [2.45, 2.75) is 0 Å². The second-order valence-electron chi connectivity index (χ2n) is 3.99. The lowest BCUT2D eigenvalue weighted by Crippen LogP contribution is -2.09. The molecule has 1 aromatic heterocycles. The molecule has 0 fully saturated rings. The van der Waals surface area contributed by atoms with Crippen molar-refractivity contribution in [1.29, 1.82) is 0 Å². The Morgan fingerprint density at radius 2 is 2.00 bits per heavy atom. The molecule has 0 saturated heterocycles. The Hall–Kier alpha value is -0.940. The number of hydrogen-bond acceptors (Lipinski definition) is 3. The fraction of sp³-hybridized carbons (Fsp3) is 0.0769. The number of aliphatic imine (C=N–C) groups is 1. The van der Waals surface area contributed by atoms with Gasteiger partial charge in [-0.25, -0.2) is 0 Å². The van der Waals surface area contributed by atoms with Crippen molar-refractivity contribution in [1.82, 2.24) is 0 Å². The van der Waals surface area contributed by atoms with E-state index in [0.717, 1.165) is 21.8 Å². The van der Waals surface area contributed by atoms with E-state index in [1.807, 2.05) is 30.3 Å². The highest BCUT2D eigenvalue weighted by molar-refractivity contribution is 7.80. The first kappa shape index (κ1) is 13.1. The van der Waals surface area contributed by atoms with E-state index < -0.39 is 0 Å². The Balaban J connectivity index is 2.20. The van der Waals surface area contributed by atoms with Gasteiger partial charge in [-0.3, -0.25) is 4.99 Å². The summed E-state index contributed by atoms with van der Waals surface area (Å²) in [6.07, 6.45) is 0. The van der Waals surface area contributed by atoms with Gasteiger partial charge in [0.15, 0.2) is 0 Å². The number of thiophene rings is 1. The van der Waals surface area contributed by atoms with Crippen LogP contribution < -0.4 is 5.32 Å². The lowest BCUT2D eigenvalue weighted by atomic mass is 10.0. The third-order valence-corrected chi connectivity index (χ3v) is 4.46. The van der Waals surface area contributed by atoms with Crippen LogP contribution in [0.15, 0.2) is 35.3 Å². The van der Waals surface area contributed by atoms with Gasteiger partial charge in [0.1, 0.15) is 9.99 Å². The first-order chi connectivity index (χ1) is 9.15. The maximum absolute atomic E-state index is 6.26. The van der Waals surface area contributed by atoms with Crippen molar-refractivity contribution in [2.75, 3.05) is 11.9 Å². The minimum atomic E-state index is 0.453. The molecule has 1 aliphatic heterocycles. The molecule has 0 radical (unpaired) electrons. The van der Waals surface area contributed by atoms with Gasteiger partial charge in [-0.1, -0.05) is 53.6 Å². The minimum Gasteiger partial charge on any atom is -0.340 e. The Bertz CT molecular complexity index is 692. The number of fused-ring (bicyclic) bond motifs is 1. The van der Waals surface area contributed by atoms with Crippen LogP contribution in [0, 0.1) is 0 Å². The average molecular weight is 327 g/mol. The van der Waals surface area contributed by atoms with Crippen LogP contribution in [-0.2, 0) is 0 Å². The van der Waals surface area contributed by atoms with E-state index in [-0.39, 0.29) is 0 Å². The van der Waals surface area contributed by atoms with Crippen LogP contribution in [0.1, 0.15) is 11.1 Å². The number of anilines is 1. The maximum Gasteiger partial charge on any atom is 0.104 e. The van der Waals surface area contributed by atoms with Crippen molar-refractivity contribution in [2.24, 2.45) is 4.99 Å². The molecular weight excluding hydrogens is 319 g/mol. The Morgan fingerprint density at radius 1 is 1.21 bits per heavy atom. The molecule has 0 aliphatic carbocycles. The zero-order valence-electron chi connectivity index (χ0n) is 9.61. The molecule has 1 aliphatic rings. The van der Waals surface area contributed by atoms with Gasteiger partial charge in [-0.2, -0.15) is 0 Å². The van der Waals surface area contributed by atoms with E-state index in [0.29, 0.717) is 20.9 Å². The zero-order chi connectivity index (χ0) is 13.4. The van der Waals surface area contributed by atoms with Gasteiger partial charge in [0.05, 0.1) is 16.6 Å². The normalized spacial score (nSPS) is 14.4. The highest BCUT2D eigenvalue weighted by atomic mass is 35.5. The molecule has 2 heterocycles. The van der Waals surface area contributed by atoms with Gasteiger partial charge in [0, 0.05) is 16.1 Å². The summed E-state index contributed by atoms with van der Waals surface area (Å²) in [6, 6.07) is 9.53.